The first-order valence-corrected chi connectivity index (χ1v) is 9.02. The molecule has 0 aliphatic heterocycles. The molecule has 0 unspecified atom stereocenters. The van der Waals surface area contributed by atoms with Gasteiger partial charge in [-0.05, 0) is 56.9 Å². The van der Waals surface area contributed by atoms with Crippen LogP contribution in [0.2, 0.25) is 0 Å². The number of hydrogen-bond acceptors (Lipinski definition) is 4. The summed E-state index contributed by atoms with van der Waals surface area (Å²) in [4.78, 5) is 31.9. The third kappa shape index (κ3) is 4.63. The highest BCUT2D eigenvalue weighted by Crippen LogP contribution is 2.30. The first-order valence-electron chi connectivity index (χ1n) is 8.21. The Labute approximate surface area is 149 Å². The van der Waals surface area contributed by atoms with E-state index in [0.29, 0.717) is 23.2 Å². The maximum Gasteiger partial charge on any atom is 0.254 e. The Morgan fingerprint density at radius 2 is 1.96 bits per heavy atom. The summed E-state index contributed by atoms with van der Waals surface area (Å²) in [7, 11) is 0. The van der Waals surface area contributed by atoms with E-state index in [9.17, 15) is 14.0 Å². The first kappa shape index (κ1) is 17.5. The predicted molar refractivity (Wildman–Crippen MR) is 95.2 cm³/mol. The van der Waals surface area contributed by atoms with Gasteiger partial charge in [0.2, 0.25) is 5.91 Å². The van der Waals surface area contributed by atoms with Crippen molar-refractivity contribution >= 4 is 28.3 Å². The van der Waals surface area contributed by atoms with Crippen LogP contribution in [0.15, 0.2) is 24.3 Å². The lowest BCUT2D eigenvalue weighted by Gasteiger charge is -2.22. The van der Waals surface area contributed by atoms with Gasteiger partial charge in [0, 0.05) is 17.0 Å². The molecule has 1 fully saturated rings. The van der Waals surface area contributed by atoms with Crippen LogP contribution in [0.3, 0.4) is 0 Å². The van der Waals surface area contributed by atoms with E-state index in [1.54, 1.807) is 0 Å². The summed E-state index contributed by atoms with van der Waals surface area (Å²) in [5, 5.41) is 3.30. The fourth-order valence-corrected chi connectivity index (χ4v) is 3.30. The number of amides is 2. The van der Waals surface area contributed by atoms with Crippen molar-refractivity contribution in [3.05, 3.63) is 46.2 Å². The number of carbonyl (C=O) groups excluding carboxylic acids is 2. The second-order valence-electron chi connectivity index (χ2n) is 6.34. The van der Waals surface area contributed by atoms with Gasteiger partial charge in [-0.3, -0.25) is 9.59 Å². The van der Waals surface area contributed by atoms with Crippen LogP contribution >= 0.6 is 11.3 Å². The Kier molecular flexibility index (Phi) is 5.13. The van der Waals surface area contributed by atoms with Gasteiger partial charge in [-0.2, -0.15) is 0 Å². The Hall–Kier alpha value is -2.28. The van der Waals surface area contributed by atoms with Crippen LogP contribution in [0.25, 0.3) is 0 Å². The molecule has 25 heavy (non-hydrogen) atoms. The second kappa shape index (κ2) is 7.31. The molecule has 1 aromatic carbocycles. The van der Waals surface area contributed by atoms with Crippen LogP contribution in [0.5, 0.6) is 0 Å². The normalized spacial score (nSPS) is 13.6. The van der Waals surface area contributed by atoms with Gasteiger partial charge in [-0.15, -0.1) is 11.3 Å². The van der Waals surface area contributed by atoms with Gasteiger partial charge < -0.3 is 10.2 Å². The fourth-order valence-electron chi connectivity index (χ4n) is 2.46. The van der Waals surface area contributed by atoms with Crippen molar-refractivity contribution in [2.45, 2.75) is 26.7 Å². The van der Waals surface area contributed by atoms with Gasteiger partial charge >= 0.3 is 0 Å². The Balaban J connectivity index is 1.68. The van der Waals surface area contributed by atoms with Gasteiger partial charge in [-0.25, -0.2) is 9.37 Å². The number of benzene rings is 1. The number of halogens is 1. The molecule has 132 valence electrons. The van der Waals surface area contributed by atoms with Crippen molar-refractivity contribution in [2.75, 3.05) is 18.4 Å². The van der Waals surface area contributed by atoms with E-state index in [0.717, 1.165) is 23.4 Å². The summed E-state index contributed by atoms with van der Waals surface area (Å²) >= 11 is 1.41. The molecule has 3 rings (SSSR count). The molecular formula is C18H20FN3O2S. The van der Waals surface area contributed by atoms with E-state index in [1.165, 1.54) is 40.5 Å². The van der Waals surface area contributed by atoms with Crippen molar-refractivity contribution in [1.29, 1.82) is 0 Å². The Bertz CT molecular complexity index is 765. The molecule has 0 spiro atoms. The number of nitrogens with zero attached hydrogens (tertiary/aromatic N) is 2. The lowest BCUT2D eigenvalue weighted by atomic mass is 10.2. The van der Waals surface area contributed by atoms with E-state index in [1.807, 2.05) is 13.8 Å². The van der Waals surface area contributed by atoms with Crippen LogP contribution in [0.1, 0.15) is 33.8 Å². The van der Waals surface area contributed by atoms with Crippen molar-refractivity contribution in [2.24, 2.45) is 5.92 Å². The highest BCUT2D eigenvalue weighted by atomic mass is 32.1. The van der Waals surface area contributed by atoms with Crippen LogP contribution in [-0.2, 0) is 4.79 Å². The molecule has 7 heteroatoms. The number of rotatable bonds is 6. The summed E-state index contributed by atoms with van der Waals surface area (Å²) < 4.78 is 13.1. The van der Waals surface area contributed by atoms with Crippen LogP contribution < -0.4 is 5.32 Å². The van der Waals surface area contributed by atoms with Crippen LogP contribution in [0.4, 0.5) is 9.52 Å². The van der Waals surface area contributed by atoms with Gasteiger partial charge in [-0.1, -0.05) is 0 Å². The number of aromatic nitrogens is 1. The van der Waals surface area contributed by atoms with Gasteiger partial charge in [0.15, 0.2) is 5.13 Å². The smallest absolute Gasteiger partial charge is 0.254 e. The zero-order valence-corrected chi connectivity index (χ0v) is 15.0. The number of hydrogen-bond donors (Lipinski definition) is 1. The maximum absolute atomic E-state index is 13.1. The quantitative estimate of drug-likeness (QED) is 0.858. The summed E-state index contributed by atoms with van der Waals surface area (Å²) in [6.07, 6.45) is 2.14. The predicted octanol–water partition coefficient (Wildman–Crippen LogP) is 3.39. The van der Waals surface area contributed by atoms with E-state index in [2.05, 4.69) is 10.3 Å². The average molecular weight is 361 g/mol. The monoisotopic (exact) mass is 361 g/mol. The third-order valence-electron chi connectivity index (χ3n) is 4.16. The average Bonchev–Trinajstić information content (AvgIpc) is 3.32. The summed E-state index contributed by atoms with van der Waals surface area (Å²) in [5.41, 5.74) is 1.27. The molecule has 1 aliphatic carbocycles. The molecule has 1 saturated carbocycles. The lowest BCUT2D eigenvalue weighted by molar-refractivity contribution is -0.116. The molecule has 1 N–H and O–H groups in total. The number of nitrogens with one attached hydrogen (secondary N) is 1. The number of aryl methyl sites for hydroxylation is 2. The standard InChI is InChI=1S/C18H20FN3O2S/c1-11-12(2)25-18(20-11)21-16(23)10-22(9-13-3-4-13)17(24)14-5-7-15(19)8-6-14/h5-8,13H,3-4,9-10H2,1-2H3,(H,20,21,23). The maximum atomic E-state index is 13.1. The molecular weight excluding hydrogens is 341 g/mol. The highest BCUT2D eigenvalue weighted by molar-refractivity contribution is 7.15. The molecule has 0 saturated heterocycles. The fraction of sp³-hybridized carbons (Fsp3) is 0.389. The minimum atomic E-state index is -0.391. The molecule has 5 nitrogen and oxygen atoms in total. The van der Waals surface area contributed by atoms with E-state index < -0.39 is 5.82 Å². The zero-order valence-electron chi connectivity index (χ0n) is 14.2. The Morgan fingerprint density at radius 1 is 1.28 bits per heavy atom. The van der Waals surface area contributed by atoms with E-state index in [4.69, 9.17) is 0 Å². The molecule has 2 aromatic rings. The third-order valence-corrected chi connectivity index (χ3v) is 5.15. The van der Waals surface area contributed by atoms with Gasteiger partial charge in [0.05, 0.1) is 5.69 Å². The van der Waals surface area contributed by atoms with Crippen molar-refractivity contribution < 1.29 is 14.0 Å². The lowest BCUT2D eigenvalue weighted by Crippen LogP contribution is -2.39. The van der Waals surface area contributed by atoms with Crippen molar-refractivity contribution in [3.63, 3.8) is 0 Å². The van der Waals surface area contributed by atoms with Crippen LogP contribution in [-0.4, -0.2) is 34.8 Å². The minimum Gasteiger partial charge on any atom is -0.329 e. The molecule has 2 amide bonds. The second-order valence-corrected chi connectivity index (χ2v) is 7.55. The van der Waals surface area contributed by atoms with Gasteiger partial charge in [0.25, 0.3) is 5.91 Å². The Morgan fingerprint density at radius 3 is 2.52 bits per heavy atom. The molecule has 0 bridgehead atoms. The van der Waals surface area contributed by atoms with E-state index >= 15 is 0 Å². The molecule has 1 aliphatic rings. The number of thiazole rings is 1. The SMILES string of the molecule is Cc1nc(NC(=O)CN(CC2CC2)C(=O)c2ccc(F)cc2)sc1C. The number of anilines is 1. The number of carbonyl (C=O) groups is 2. The van der Waals surface area contributed by atoms with Crippen LogP contribution in [0, 0.1) is 25.6 Å². The molecule has 0 radical (unpaired) electrons. The molecule has 1 aromatic heterocycles. The van der Waals surface area contributed by atoms with E-state index in [-0.39, 0.29) is 18.4 Å². The van der Waals surface area contributed by atoms with Gasteiger partial charge in [0.1, 0.15) is 12.4 Å². The molecule has 0 atom stereocenters. The highest BCUT2D eigenvalue weighted by Gasteiger charge is 2.28. The minimum absolute atomic E-state index is 0.0373. The summed E-state index contributed by atoms with van der Waals surface area (Å²) in [6.45, 7) is 4.34. The topological polar surface area (TPSA) is 62.3 Å². The summed E-state index contributed by atoms with van der Waals surface area (Å²) in [6, 6.07) is 5.40. The van der Waals surface area contributed by atoms with Crippen molar-refractivity contribution in [3.8, 4) is 0 Å². The molecule has 1 heterocycles. The first-order chi connectivity index (χ1) is 11.9. The zero-order chi connectivity index (χ0) is 18.0. The summed E-state index contributed by atoms with van der Waals surface area (Å²) in [5.74, 6) is -0.475. The largest absolute Gasteiger partial charge is 0.329 e. The van der Waals surface area contributed by atoms with Crippen molar-refractivity contribution in [1.82, 2.24) is 9.88 Å².